The molecule has 5 nitrogen and oxygen atoms in total. The Hall–Kier alpha value is -1.62. The molecule has 1 amide bonds. The van der Waals surface area contributed by atoms with Crippen molar-refractivity contribution in [3.8, 4) is 0 Å². The number of nitrogens with zero attached hydrogens (tertiary/aromatic N) is 2. The number of hydrogen-bond acceptors (Lipinski definition) is 3. The lowest BCUT2D eigenvalue weighted by Gasteiger charge is -2.34. The first-order chi connectivity index (χ1) is 9.38. The molecule has 6 heteroatoms. The molecular formula is C14H17ClN2O3. The Morgan fingerprint density at radius 1 is 1.45 bits per heavy atom. The Morgan fingerprint density at radius 2 is 2.15 bits per heavy atom. The minimum Gasteiger partial charge on any atom is -0.337 e. The van der Waals surface area contributed by atoms with E-state index in [-0.39, 0.29) is 17.0 Å². The number of nitro benzene ring substituents is 1. The molecule has 1 aliphatic heterocycles. The number of piperidine rings is 1. The van der Waals surface area contributed by atoms with E-state index in [1.807, 2.05) is 0 Å². The Morgan fingerprint density at radius 3 is 2.75 bits per heavy atom. The molecule has 2 atom stereocenters. The molecule has 20 heavy (non-hydrogen) atoms. The van der Waals surface area contributed by atoms with Gasteiger partial charge in [0.25, 0.3) is 11.6 Å². The Bertz CT molecular complexity index is 547. The molecular weight excluding hydrogens is 280 g/mol. The minimum atomic E-state index is -0.480. The normalized spacial score (nSPS) is 22.6. The van der Waals surface area contributed by atoms with Crippen LogP contribution in [-0.4, -0.2) is 34.2 Å². The molecule has 0 bridgehead atoms. The number of hydrogen-bond donors (Lipinski definition) is 0. The predicted octanol–water partition coefficient (Wildman–Crippen LogP) is 2.99. The van der Waals surface area contributed by atoms with Crippen LogP contribution in [0.15, 0.2) is 18.2 Å². The number of amides is 1. The van der Waals surface area contributed by atoms with Crippen molar-refractivity contribution in [1.29, 1.82) is 0 Å². The zero-order valence-corrected chi connectivity index (χ0v) is 12.3. The lowest BCUT2D eigenvalue weighted by molar-refractivity contribution is -0.384. The summed E-state index contributed by atoms with van der Waals surface area (Å²) in [7, 11) is 0. The molecule has 0 saturated carbocycles. The van der Waals surface area contributed by atoms with Gasteiger partial charge in [0.05, 0.1) is 10.3 Å². The zero-order chi connectivity index (χ0) is 14.9. The van der Waals surface area contributed by atoms with Crippen LogP contribution in [0.2, 0.25) is 0 Å². The maximum absolute atomic E-state index is 12.4. The molecule has 1 aromatic rings. The summed E-state index contributed by atoms with van der Waals surface area (Å²) in [6.45, 7) is 4.94. The SMILES string of the molecule is Cc1cc(C(=O)N2CCC(C)C(Cl)C2)cc([N+](=O)[O-])c1. The van der Waals surface area contributed by atoms with Crippen molar-refractivity contribution >= 4 is 23.2 Å². The average molecular weight is 297 g/mol. The minimum absolute atomic E-state index is 0.0545. The van der Waals surface area contributed by atoms with E-state index in [9.17, 15) is 14.9 Å². The van der Waals surface area contributed by atoms with Gasteiger partial charge < -0.3 is 4.90 Å². The fourth-order valence-electron chi connectivity index (χ4n) is 2.38. The van der Waals surface area contributed by atoms with Gasteiger partial charge in [-0.2, -0.15) is 0 Å². The summed E-state index contributed by atoms with van der Waals surface area (Å²) in [6, 6.07) is 4.46. The van der Waals surface area contributed by atoms with Crippen LogP contribution in [-0.2, 0) is 0 Å². The number of carbonyl (C=O) groups excluding carboxylic acids is 1. The highest BCUT2D eigenvalue weighted by Gasteiger charge is 2.28. The predicted molar refractivity (Wildman–Crippen MR) is 77.2 cm³/mol. The van der Waals surface area contributed by atoms with E-state index in [1.54, 1.807) is 17.9 Å². The van der Waals surface area contributed by atoms with Crippen molar-refractivity contribution < 1.29 is 9.72 Å². The summed E-state index contributed by atoms with van der Waals surface area (Å²) in [5.74, 6) is 0.196. The van der Waals surface area contributed by atoms with Crippen LogP contribution in [0, 0.1) is 23.0 Å². The van der Waals surface area contributed by atoms with E-state index in [0.717, 1.165) is 6.42 Å². The molecule has 1 saturated heterocycles. The molecule has 2 rings (SSSR count). The molecule has 108 valence electrons. The second-order valence-corrected chi connectivity index (χ2v) is 5.91. The van der Waals surface area contributed by atoms with Gasteiger partial charge in [0.1, 0.15) is 0 Å². The summed E-state index contributed by atoms with van der Waals surface area (Å²) in [6.07, 6.45) is 0.855. The molecule has 0 aromatic heterocycles. The van der Waals surface area contributed by atoms with Crippen molar-refractivity contribution in [2.45, 2.75) is 25.6 Å². The second kappa shape index (κ2) is 5.79. The summed E-state index contributed by atoms with van der Waals surface area (Å²) < 4.78 is 0. The smallest absolute Gasteiger partial charge is 0.270 e. The van der Waals surface area contributed by atoms with Gasteiger partial charge in [-0.1, -0.05) is 6.92 Å². The number of aryl methyl sites for hydroxylation is 1. The van der Waals surface area contributed by atoms with Crippen molar-refractivity contribution in [3.05, 3.63) is 39.4 Å². The standard InChI is InChI=1S/C14H17ClN2O3/c1-9-5-11(7-12(6-9)17(19)20)14(18)16-4-3-10(2)13(15)8-16/h5-7,10,13H,3-4,8H2,1-2H3. The largest absolute Gasteiger partial charge is 0.337 e. The summed E-state index contributed by atoms with van der Waals surface area (Å²) in [5, 5.41) is 10.8. The maximum Gasteiger partial charge on any atom is 0.270 e. The molecule has 1 heterocycles. The Balaban J connectivity index is 2.23. The molecule has 0 spiro atoms. The highest BCUT2D eigenvalue weighted by Crippen LogP contribution is 2.24. The topological polar surface area (TPSA) is 63.5 Å². The van der Waals surface area contributed by atoms with E-state index in [2.05, 4.69) is 6.92 Å². The number of alkyl halides is 1. The van der Waals surface area contributed by atoms with Gasteiger partial charge in [0.15, 0.2) is 0 Å². The van der Waals surface area contributed by atoms with Crippen LogP contribution < -0.4 is 0 Å². The van der Waals surface area contributed by atoms with Gasteiger partial charge in [-0.3, -0.25) is 14.9 Å². The van der Waals surface area contributed by atoms with Crippen LogP contribution >= 0.6 is 11.6 Å². The highest BCUT2D eigenvalue weighted by atomic mass is 35.5. The third kappa shape index (κ3) is 3.10. The van der Waals surface area contributed by atoms with Gasteiger partial charge in [-0.25, -0.2) is 0 Å². The fraction of sp³-hybridized carbons (Fsp3) is 0.500. The number of benzene rings is 1. The fourth-order valence-corrected chi connectivity index (χ4v) is 2.67. The van der Waals surface area contributed by atoms with E-state index < -0.39 is 4.92 Å². The van der Waals surface area contributed by atoms with Crippen LogP contribution in [0.1, 0.15) is 29.3 Å². The van der Waals surface area contributed by atoms with Crippen LogP contribution in [0.4, 0.5) is 5.69 Å². The van der Waals surface area contributed by atoms with E-state index in [0.29, 0.717) is 30.1 Å². The first kappa shape index (κ1) is 14.8. The van der Waals surface area contributed by atoms with Crippen LogP contribution in [0.5, 0.6) is 0 Å². The molecule has 1 fully saturated rings. The zero-order valence-electron chi connectivity index (χ0n) is 11.5. The first-order valence-electron chi connectivity index (χ1n) is 6.58. The average Bonchev–Trinajstić information content (AvgIpc) is 2.40. The van der Waals surface area contributed by atoms with Crippen LogP contribution in [0.3, 0.4) is 0 Å². The molecule has 1 aliphatic rings. The molecule has 0 N–H and O–H groups in total. The summed E-state index contributed by atoms with van der Waals surface area (Å²) in [4.78, 5) is 24.5. The third-order valence-corrected chi connectivity index (χ3v) is 4.24. The van der Waals surface area contributed by atoms with Crippen LogP contribution in [0.25, 0.3) is 0 Å². The number of non-ortho nitro benzene ring substituents is 1. The maximum atomic E-state index is 12.4. The van der Waals surface area contributed by atoms with Gasteiger partial charge >= 0.3 is 0 Å². The lowest BCUT2D eigenvalue weighted by atomic mass is 9.97. The molecule has 1 aromatic carbocycles. The monoisotopic (exact) mass is 296 g/mol. The van der Waals surface area contributed by atoms with E-state index >= 15 is 0 Å². The molecule has 0 aliphatic carbocycles. The quantitative estimate of drug-likeness (QED) is 0.479. The number of likely N-dealkylation sites (tertiary alicyclic amines) is 1. The Kier molecular flexibility index (Phi) is 4.28. The van der Waals surface area contributed by atoms with E-state index in [4.69, 9.17) is 11.6 Å². The Labute approximate surface area is 122 Å². The second-order valence-electron chi connectivity index (χ2n) is 5.35. The van der Waals surface area contributed by atoms with Crippen molar-refractivity contribution in [2.75, 3.05) is 13.1 Å². The number of rotatable bonds is 2. The number of carbonyl (C=O) groups is 1. The van der Waals surface area contributed by atoms with Crippen molar-refractivity contribution in [2.24, 2.45) is 5.92 Å². The lowest BCUT2D eigenvalue weighted by Crippen LogP contribution is -2.43. The van der Waals surface area contributed by atoms with Gasteiger partial charge in [-0.15, -0.1) is 11.6 Å². The summed E-state index contributed by atoms with van der Waals surface area (Å²) >= 11 is 6.20. The van der Waals surface area contributed by atoms with Gasteiger partial charge in [0.2, 0.25) is 0 Å². The molecule has 2 unspecified atom stereocenters. The van der Waals surface area contributed by atoms with Crippen molar-refractivity contribution in [1.82, 2.24) is 4.90 Å². The van der Waals surface area contributed by atoms with Crippen molar-refractivity contribution in [3.63, 3.8) is 0 Å². The van der Waals surface area contributed by atoms with E-state index in [1.165, 1.54) is 12.1 Å². The number of halogens is 1. The van der Waals surface area contributed by atoms with Gasteiger partial charge in [0, 0.05) is 30.8 Å². The highest BCUT2D eigenvalue weighted by molar-refractivity contribution is 6.21. The van der Waals surface area contributed by atoms with Gasteiger partial charge in [-0.05, 0) is 30.9 Å². The molecule has 0 radical (unpaired) electrons. The number of nitro groups is 1. The first-order valence-corrected chi connectivity index (χ1v) is 7.01. The summed E-state index contributed by atoms with van der Waals surface area (Å²) in [5.41, 5.74) is 1.01. The third-order valence-electron chi connectivity index (χ3n) is 3.67.